The minimum atomic E-state index is -0.566. The lowest BCUT2D eigenvalue weighted by Gasteiger charge is -2.21. The molecule has 128 valence electrons. The minimum absolute atomic E-state index is 0.0451. The highest BCUT2D eigenvalue weighted by atomic mass is 16.6. The lowest BCUT2D eigenvalue weighted by molar-refractivity contribution is -0.385. The van der Waals surface area contributed by atoms with E-state index in [9.17, 15) is 10.1 Å². The van der Waals surface area contributed by atoms with Crippen LogP contribution in [0.1, 0.15) is 31.9 Å². The average Bonchev–Trinajstić information content (AvgIpc) is 2.48. The summed E-state index contributed by atoms with van der Waals surface area (Å²) in [5, 5.41) is 11.5. The number of hydrogen-bond acceptors (Lipinski definition) is 7. The molecule has 0 atom stereocenters. The van der Waals surface area contributed by atoms with Crippen LogP contribution in [-0.2, 0) is 0 Å². The van der Waals surface area contributed by atoms with Gasteiger partial charge in [-0.1, -0.05) is 6.07 Å². The van der Waals surface area contributed by atoms with Gasteiger partial charge in [0.25, 0.3) is 0 Å². The van der Waals surface area contributed by atoms with Crippen LogP contribution in [0.15, 0.2) is 24.5 Å². The summed E-state index contributed by atoms with van der Waals surface area (Å²) in [7, 11) is 0. The van der Waals surface area contributed by atoms with Gasteiger partial charge in [0, 0.05) is 5.54 Å². The quantitative estimate of drug-likeness (QED) is 0.638. The fraction of sp³-hybridized carbons (Fsp3) is 0.375. The summed E-state index contributed by atoms with van der Waals surface area (Å²) in [6, 6.07) is 5.44. The van der Waals surface area contributed by atoms with Crippen LogP contribution in [0.2, 0.25) is 0 Å². The second kappa shape index (κ2) is 6.79. The second-order valence-corrected chi connectivity index (χ2v) is 6.48. The Bertz CT molecular complexity index is 756. The molecular formula is C16H21N5O3. The number of hydrogen-bond donors (Lipinski definition) is 2. The molecule has 0 aliphatic rings. The second-order valence-electron chi connectivity index (χ2n) is 6.48. The molecule has 2 rings (SSSR count). The number of anilines is 1. The van der Waals surface area contributed by atoms with Gasteiger partial charge < -0.3 is 4.74 Å². The van der Waals surface area contributed by atoms with E-state index in [0.717, 1.165) is 11.1 Å². The van der Waals surface area contributed by atoms with Crippen molar-refractivity contribution >= 4 is 11.5 Å². The number of benzene rings is 1. The lowest BCUT2D eigenvalue weighted by atomic mass is 10.1. The maximum absolute atomic E-state index is 11.5. The zero-order valence-electron chi connectivity index (χ0n) is 14.4. The van der Waals surface area contributed by atoms with E-state index in [0.29, 0.717) is 5.75 Å². The van der Waals surface area contributed by atoms with Crippen molar-refractivity contribution in [3.63, 3.8) is 0 Å². The Morgan fingerprint density at radius 3 is 2.46 bits per heavy atom. The van der Waals surface area contributed by atoms with Crippen molar-refractivity contribution < 1.29 is 9.66 Å². The van der Waals surface area contributed by atoms with Gasteiger partial charge >= 0.3 is 11.6 Å². The topological polar surface area (TPSA) is 102 Å². The van der Waals surface area contributed by atoms with Crippen molar-refractivity contribution in [1.82, 2.24) is 15.4 Å². The van der Waals surface area contributed by atoms with E-state index in [1.807, 2.05) is 46.8 Å². The molecule has 1 aromatic carbocycles. The molecule has 24 heavy (non-hydrogen) atoms. The average molecular weight is 331 g/mol. The highest BCUT2D eigenvalue weighted by Gasteiger charge is 2.26. The van der Waals surface area contributed by atoms with Gasteiger partial charge in [0.1, 0.15) is 12.1 Å². The number of aromatic nitrogens is 2. The van der Waals surface area contributed by atoms with Crippen LogP contribution in [0.4, 0.5) is 11.5 Å². The molecule has 0 saturated heterocycles. The van der Waals surface area contributed by atoms with E-state index < -0.39 is 4.92 Å². The Morgan fingerprint density at radius 2 is 1.88 bits per heavy atom. The van der Waals surface area contributed by atoms with E-state index in [1.165, 1.54) is 6.33 Å². The van der Waals surface area contributed by atoms with Gasteiger partial charge in [-0.2, -0.15) is 4.98 Å². The van der Waals surface area contributed by atoms with Crippen LogP contribution in [0.25, 0.3) is 0 Å². The maximum atomic E-state index is 11.5. The SMILES string of the molecule is Cc1ccc(Oc2ncnc(NNC(C)(C)C)c2[N+](=O)[O-])cc1C. The zero-order chi connectivity index (χ0) is 17.9. The number of hydrazine groups is 1. The van der Waals surface area contributed by atoms with Crippen molar-refractivity contribution in [3.8, 4) is 11.6 Å². The molecule has 0 aliphatic heterocycles. The van der Waals surface area contributed by atoms with Gasteiger partial charge in [0.2, 0.25) is 5.82 Å². The van der Waals surface area contributed by atoms with Gasteiger partial charge in [0.15, 0.2) is 0 Å². The molecule has 0 aliphatic carbocycles. The van der Waals surface area contributed by atoms with E-state index in [1.54, 1.807) is 6.07 Å². The molecule has 0 bridgehead atoms. The summed E-state index contributed by atoms with van der Waals surface area (Å²) in [6.07, 6.45) is 1.22. The summed E-state index contributed by atoms with van der Waals surface area (Å²) in [5.74, 6) is 0.412. The molecule has 1 heterocycles. The Morgan fingerprint density at radius 1 is 1.17 bits per heavy atom. The molecule has 0 fully saturated rings. The first kappa shape index (κ1) is 17.6. The van der Waals surface area contributed by atoms with E-state index in [4.69, 9.17) is 4.74 Å². The first-order valence-electron chi connectivity index (χ1n) is 7.45. The molecule has 0 radical (unpaired) electrons. The van der Waals surface area contributed by atoms with Crippen molar-refractivity contribution in [3.05, 3.63) is 45.8 Å². The summed E-state index contributed by atoms with van der Waals surface area (Å²) in [6.45, 7) is 9.67. The lowest BCUT2D eigenvalue weighted by Crippen LogP contribution is -2.40. The third kappa shape index (κ3) is 4.39. The monoisotopic (exact) mass is 331 g/mol. The van der Waals surface area contributed by atoms with Crippen molar-refractivity contribution in [1.29, 1.82) is 0 Å². The maximum Gasteiger partial charge on any atom is 0.374 e. The molecule has 0 unspecified atom stereocenters. The van der Waals surface area contributed by atoms with Crippen LogP contribution in [-0.4, -0.2) is 20.4 Å². The van der Waals surface area contributed by atoms with Crippen LogP contribution in [0, 0.1) is 24.0 Å². The summed E-state index contributed by atoms with van der Waals surface area (Å²) < 4.78 is 5.62. The molecule has 0 saturated carbocycles. The zero-order valence-corrected chi connectivity index (χ0v) is 14.4. The highest BCUT2D eigenvalue weighted by Crippen LogP contribution is 2.34. The molecule has 8 nitrogen and oxygen atoms in total. The van der Waals surface area contributed by atoms with Crippen LogP contribution in [0.5, 0.6) is 11.6 Å². The predicted octanol–water partition coefficient (Wildman–Crippen LogP) is 3.51. The predicted molar refractivity (Wildman–Crippen MR) is 91.2 cm³/mol. The number of nitrogens with one attached hydrogen (secondary N) is 2. The summed E-state index contributed by atoms with van der Waals surface area (Å²) in [4.78, 5) is 18.7. The molecule has 0 amide bonds. The number of ether oxygens (including phenoxy) is 1. The van der Waals surface area contributed by atoms with Crippen molar-refractivity contribution in [2.75, 3.05) is 5.43 Å². The largest absolute Gasteiger partial charge is 0.434 e. The Kier molecular flexibility index (Phi) is 4.99. The fourth-order valence-electron chi connectivity index (χ4n) is 1.83. The van der Waals surface area contributed by atoms with Gasteiger partial charge in [-0.15, -0.1) is 0 Å². The third-order valence-corrected chi connectivity index (χ3v) is 3.22. The molecule has 1 aromatic heterocycles. The van der Waals surface area contributed by atoms with E-state index in [-0.39, 0.29) is 22.9 Å². The van der Waals surface area contributed by atoms with Gasteiger partial charge in [-0.25, -0.2) is 10.4 Å². The van der Waals surface area contributed by atoms with Crippen molar-refractivity contribution in [2.24, 2.45) is 0 Å². The van der Waals surface area contributed by atoms with Crippen LogP contribution < -0.4 is 15.6 Å². The first-order valence-corrected chi connectivity index (χ1v) is 7.45. The van der Waals surface area contributed by atoms with Crippen LogP contribution in [0.3, 0.4) is 0 Å². The molecule has 8 heteroatoms. The number of nitro groups is 1. The Labute approximate surface area is 140 Å². The van der Waals surface area contributed by atoms with Gasteiger partial charge in [-0.05, 0) is 57.9 Å². The molecule has 2 aromatic rings. The molecule has 2 N–H and O–H groups in total. The third-order valence-electron chi connectivity index (χ3n) is 3.22. The highest BCUT2D eigenvalue weighted by molar-refractivity contribution is 5.61. The van der Waals surface area contributed by atoms with Gasteiger partial charge in [0.05, 0.1) is 4.92 Å². The molecule has 0 spiro atoms. The summed E-state index contributed by atoms with van der Waals surface area (Å²) in [5.41, 5.74) is 7.21. The first-order chi connectivity index (χ1) is 11.2. The van der Waals surface area contributed by atoms with Crippen LogP contribution >= 0.6 is 0 Å². The standard InChI is InChI=1S/C16H21N5O3/c1-10-6-7-12(8-11(10)2)24-15-13(21(22)23)14(17-9-18-15)19-20-16(3,4)5/h6-9,20H,1-5H3,(H,17,18,19). The number of nitrogens with zero attached hydrogens (tertiary/aromatic N) is 3. The van der Waals surface area contributed by atoms with E-state index in [2.05, 4.69) is 20.8 Å². The van der Waals surface area contributed by atoms with Crippen molar-refractivity contribution in [2.45, 2.75) is 40.2 Å². The number of rotatable bonds is 5. The minimum Gasteiger partial charge on any atom is -0.434 e. The smallest absolute Gasteiger partial charge is 0.374 e. The summed E-state index contributed by atoms with van der Waals surface area (Å²) >= 11 is 0. The Balaban J connectivity index is 2.35. The number of aryl methyl sites for hydroxylation is 2. The van der Waals surface area contributed by atoms with E-state index >= 15 is 0 Å². The molecular weight excluding hydrogens is 310 g/mol. The normalized spacial score (nSPS) is 11.2. The fourth-order valence-corrected chi connectivity index (χ4v) is 1.83. The van der Waals surface area contributed by atoms with Gasteiger partial charge in [-0.3, -0.25) is 15.5 Å². The Hall–Kier alpha value is -2.74.